The predicted molar refractivity (Wildman–Crippen MR) is 88.5 cm³/mol. The summed E-state index contributed by atoms with van der Waals surface area (Å²) in [5.74, 6) is 0. The van der Waals surface area contributed by atoms with Gasteiger partial charge in [-0.15, -0.1) is 11.3 Å². The molecule has 0 spiro atoms. The first-order valence-corrected chi connectivity index (χ1v) is 8.06. The number of nitro groups is 1. The zero-order valence-corrected chi connectivity index (χ0v) is 13.5. The highest BCUT2D eigenvalue weighted by molar-refractivity contribution is 7.10. The Bertz CT molecular complexity index is 905. The highest BCUT2D eigenvalue weighted by atomic mass is 32.1. The molecule has 25 heavy (non-hydrogen) atoms. The van der Waals surface area contributed by atoms with Crippen molar-refractivity contribution in [2.24, 2.45) is 0 Å². The largest absolute Gasteiger partial charge is 0.416 e. The van der Waals surface area contributed by atoms with Crippen LogP contribution in [0.1, 0.15) is 16.1 Å². The third kappa shape index (κ3) is 4.03. The molecule has 3 aromatic rings. The predicted octanol–water partition coefficient (Wildman–Crippen LogP) is 5.33. The fourth-order valence-electron chi connectivity index (χ4n) is 2.31. The van der Waals surface area contributed by atoms with Crippen molar-refractivity contribution >= 4 is 17.0 Å². The maximum absolute atomic E-state index is 12.8. The van der Waals surface area contributed by atoms with E-state index < -0.39 is 16.7 Å². The van der Waals surface area contributed by atoms with Gasteiger partial charge in [-0.05, 0) is 23.8 Å². The van der Waals surface area contributed by atoms with Gasteiger partial charge in [-0.25, -0.2) is 4.98 Å². The van der Waals surface area contributed by atoms with E-state index >= 15 is 0 Å². The Morgan fingerprint density at radius 2 is 1.84 bits per heavy atom. The van der Waals surface area contributed by atoms with Crippen LogP contribution in [-0.4, -0.2) is 9.91 Å². The van der Waals surface area contributed by atoms with Gasteiger partial charge < -0.3 is 0 Å². The van der Waals surface area contributed by atoms with Crippen molar-refractivity contribution in [3.8, 4) is 11.3 Å². The third-order valence-corrected chi connectivity index (χ3v) is 4.38. The Hall–Kier alpha value is -2.74. The number of alkyl halides is 3. The molecule has 0 radical (unpaired) electrons. The number of thiazole rings is 1. The van der Waals surface area contributed by atoms with E-state index in [1.54, 1.807) is 23.6 Å². The molecule has 0 saturated carbocycles. The fourth-order valence-corrected chi connectivity index (χ4v) is 3.15. The van der Waals surface area contributed by atoms with Gasteiger partial charge >= 0.3 is 6.18 Å². The minimum Gasteiger partial charge on any atom is -0.258 e. The summed E-state index contributed by atoms with van der Waals surface area (Å²) < 4.78 is 38.3. The monoisotopic (exact) mass is 364 g/mol. The lowest BCUT2D eigenvalue weighted by Crippen LogP contribution is -2.05. The van der Waals surface area contributed by atoms with Gasteiger partial charge in [0.05, 0.1) is 21.2 Å². The zero-order valence-electron chi connectivity index (χ0n) is 12.7. The van der Waals surface area contributed by atoms with Crippen LogP contribution < -0.4 is 0 Å². The van der Waals surface area contributed by atoms with Crippen LogP contribution in [0.5, 0.6) is 0 Å². The fraction of sp³-hybridized carbons (Fsp3) is 0.118. The van der Waals surface area contributed by atoms with Gasteiger partial charge in [-0.1, -0.05) is 18.2 Å². The van der Waals surface area contributed by atoms with E-state index in [-0.39, 0.29) is 5.69 Å². The van der Waals surface area contributed by atoms with Crippen LogP contribution >= 0.6 is 11.3 Å². The second-order valence-electron chi connectivity index (χ2n) is 5.31. The van der Waals surface area contributed by atoms with Gasteiger partial charge in [-0.2, -0.15) is 13.2 Å². The second kappa shape index (κ2) is 6.64. The van der Waals surface area contributed by atoms with Crippen LogP contribution in [-0.2, 0) is 12.6 Å². The lowest BCUT2D eigenvalue weighted by atomic mass is 10.1. The summed E-state index contributed by atoms with van der Waals surface area (Å²) in [4.78, 5) is 14.6. The maximum Gasteiger partial charge on any atom is 0.416 e. The summed E-state index contributed by atoms with van der Waals surface area (Å²) in [6.07, 6.45) is -4.08. The molecule has 0 atom stereocenters. The first kappa shape index (κ1) is 17.1. The molecule has 8 heteroatoms. The van der Waals surface area contributed by atoms with Gasteiger partial charge in [0.1, 0.15) is 0 Å². The first-order valence-electron chi connectivity index (χ1n) is 7.18. The molecule has 0 saturated heterocycles. The molecule has 0 aliphatic heterocycles. The number of hydrogen-bond donors (Lipinski definition) is 0. The van der Waals surface area contributed by atoms with Crippen molar-refractivity contribution < 1.29 is 18.1 Å². The minimum absolute atomic E-state index is 0.0110. The zero-order chi connectivity index (χ0) is 18.0. The van der Waals surface area contributed by atoms with Crippen LogP contribution in [0.3, 0.4) is 0 Å². The average molecular weight is 364 g/mol. The molecule has 1 heterocycles. The lowest BCUT2D eigenvalue weighted by Gasteiger charge is -2.07. The SMILES string of the molecule is O=[N+]([O-])c1ccc(-c2csc(Cc3cccc(C(F)(F)F)c3)n2)cc1. The van der Waals surface area contributed by atoms with Gasteiger partial charge in [0.25, 0.3) is 5.69 Å². The van der Waals surface area contributed by atoms with Crippen molar-refractivity contribution in [3.05, 3.63) is 80.2 Å². The number of non-ortho nitro benzene ring substituents is 1. The van der Waals surface area contributed by atoms with Crippen molar-refractivity contribution in [3.63, 3.8) is 0 Å². The van der Waals surface area contributed by atoms with E-state index in [0.29, 0.717) is 22.7 Å². The van der Waals surface area contributed by atoms with E-state index in [2.05, 4.69) is 4.98 Å². The van der Waals surface area contributed by atoms with Crippen LogP contribution in [0.25, 0.3) is 11.3 Å². The van der Waals surface area contributed by atoms with Crippen LogP contribution in [0.2, 0.25) is 0 Å². The number of halogens is 3. The molecule has 0 aliphatic carbocycles. The Balaban J connectivity index is 1.79. The first-order chi connectivity index (χ1) is 11.8. The normalized spacial score (nSPS) is 11.5. The average Bonchev–Trinajstić information content (AvgIpc) is 3.03. The van der Waals surface area contributed by atoms with Crippen molar-refractivity contribution in [2.45, 2.75) is 12.6 Å². The maximum atomic E-state index is 12.8. The number of nitrogens with zero attached hydrogens (tertiary/aromatic N) is 2. The van der Waals surface area contributed by atoms with E-state index in [0.717, 1.165) is 17.7 Å². The summed E-state index contributed by atoms with van der Waals surface area (Å²) in [6.45, 7) is 0. The van der Waals surface area contributed by atoms with Gasteiger partial charge in [0.2, 0.25) is 0 Å². The molecular formula is C17H11F3N2O2S. The van der Waals surface area contributed by atoms with Crippen LogP contribution in [0, 0.1) is 10.1 Å². The number of aromatic nitrogens is 1. The van der Waals surface area contributed by atoms with Crippen molar-refractivity contribution in [2.75, 3.05) is 0 Å². The molecule has 0 bridgehead atoms. The van der Waals surface area contributed by atoms with Crippen molar-refractivity contribution in [1.29, 1.82) is 0 Å². The summed E-state index contributed by atoms with van der Waals surface area (Å²) in [5.41, 5.74) is 1.19. The number of nitro benzene ring substituents is 1. The molecule has 4 nitrogen and oxygen atoms in total. The highest BCUT2D eigenvalue weighted by Crippen LogP contribution is 2.30. The second-order valence-corrected chi connectivity index (χ2v) is 6.25. The van der Waals surface area contributed by atoms with Crippen LogP contribution in [0.15, 0.2) is 53.9 Å². The highest BCUT2D eigenvalue weighted by Gasteiger charge is 2.30. The molecule has 0 amide bonds. The molecule has 0 N–H and O–H groups in total. The molecule has 128 valence electrons. The van der Waals surface area contributed by atoms with E-state index in [9.17, 15) is 23.3 Å². The third-order valence-electron chi connectivity index (χ3n) is 3.54. The molecule has 3 rings (SSSR count). The molecular weight excluding hydrogens is 353 g/mol. The summed E-state index contributed by atoms with van der Waals surface area (Å²) in [7, 11) is 0. The minimum atomic E-state index is -4.37. The molecule has 0 aliphatic rings. The van der Waals surface area contributed by atoms with E-state index in [1.165, 1.54) is 29.5 Å². The Morgan fingerprint density at radius 3 is 2.48 bits per heavy atom. The lowest BCUT2D eigenvalue weighted by molar-refractivity contribution is -0.384. The van der Waals surface area contributed by atoms with Gasteiger partial charge in [0, 0.05) is 29.5 Å². The number of rotatable bonds is 4. The quantitative estimate of drug-likeness (QED) is 0.464. The molecule has 1 aromatic heterocycles. The van der Waals surface area contributed by atoms with Crippen LogP contribution in [0.4, 0.5) is 18.9 Å². The topological polar surface area (TPSA) is 56.0 Å². The van der Waals surface area contributed by atoms with Gasteiger partial charge in [-0.3, -0.25) is 10.1 Å². The molecule has 2 aromatic carbocycles. The van der Waals surface area contributed by atoms with E-state index in [1.807, 2.05) is 0 Å². The number of benzene rings is 2. The Kier molecular flexibility index (Phi) is 4.54. The Morgan fingerprint density at radius 1 is 1.12 bits per heavy atom. The van der Waals surface area contributed by atoms with E-state index in [4.69, 9.17) is 0 Å². The van der Waals surface area contributed by atoms with Crippen molar-refractivity contribution in [1.82, 2.24) is 4.98 Å². The summed E-state index contributed by atoms with van der Waals surface area (Å²) in [6, 6.07) is 11.1. The number of hydrogen-bond acceptors (Lipinski definition) is 4. The smallest absolute Gasteiger partial charge is 0.258 e. The summed E-state index contributed by atoms with van der Waals surface area (Å²) in [5, 5.41) is 13.1. The molecule has 0 fully saturated rings. The standard InChI is InChI=1S/C17H11F3N2O2S/c18-17(19,20)13-3-1-2-11(8-13)9-16-21-15(10-25-16)12-4-6-14(7-5-12)22(23)24/h1-8,10H,9H2. The van der Waals surface area contributed by atoms with Gasteiger partial charge in [0.15, 0.2) is 0 Å². The molecule has 0 unspecified atom stereocenters. The Labute approximate surface area is 144 Å². The summed E-state index contributed by atoms with van der Waals surface area (Å²) >= 11 is 1.34.